The summed E-state index contributed by atoms with van der Waals surface area (Å²) in [5.41, 5.74) is 4.58. The van der Waals surface area contributed by atoms with E-state index < -0.39 is 0 Å². The molecule has 1 N–H and O–H groups in total. The Morgan fingerprint density at radius 3 is 2.49 bits per heavy atom. The van der Waals surface area contributed by atoms with Crippen molar-refractivity contribution < 1.29 is 14.3 Å². The number of aromatic nitrogens is 2. The molecule has 4 rings (SSSR count). The molecule has 1 aromatic heterocycles. The minimum absolute atomic E-state index is 0.0158. The summed E-state index contributed by atoms with van der Waals surface area (Å²) < 4.78 is 7.47. The van der Waals surface area contributed by atoms with E-state index in [1.165, 1.54) is 0 Å². The van der Waals surface area contributed by atoms with Gasteiger partial charge in [0, 0.05) is 32.1 Å². The fraction of sp³-hybridized carbons (Fsp3) is 0.370. The van der Waals surface area contributed by atoms with E-state index in [9.17, 15) is 9.59 Å². The van der Waals surface area contributed by atoms with Crippen LogP contribution in [0.15, 0.2) is 54.6 Å². The van der Waals surface area contributed by atoms with Gasteiger partial charge in [-0.3, -0.25) is 19.2 Å². The molecule has 2 amide bonds. The highest BCUT2D eigenvalue weighted by molar-refractivity contribution is 5.93. The summed E-state index contributed by atoms with van der Waals surface area (Å²) in [5.74, 6) is 0.666. The molecule has 2 aromatic carbocycles. The van der Waals surface area contributed by atoms with Crippen molar-refractivity contribution >= 4 is 17.5 Å². The van der Waals surface area contributed by atoms with Crippen LogP contribution in [0.5, 0.6) is 5.75 Å². The van der Waals surface area contributed by atoms with Crippen LogP contribution < -0.4 is 10.1 Å². The third-order valence-electron chi connectivity index (χ3n) is 6.56. The van der Waals surface area contributed by atoms with Gasteiger partial charge in [0.2, 0.25) is 11.8 Å². The Morgan fingerprint density at radius 2 is 1.77 bits per heavy atom. The second-order valence-corrected chi connectivity index (χ2v) is 8.94. The summed E-state index contributed by atoms with van der Waals surface area (Å²) in [6, 6.07) is 17.7. The van der Waals surface area contributed by atoms with Crippen LogP contribution in [0.4, 0.5) is 5.69 Å². The van der Waals surface area contributed by atoms with E-state index >= 15 is 0 Å². The Hall–Kier alpha value is -3.65. The Kier molecular flexibility index (Phi) is 7.51. The van der Waals surface area contributed by atoms with Crippen molar-refractivity contribution in [3.8, 4) is 5.75 Å². The molecule has 184 valence electrons. The minimum atomic E-state index is -0.178. The molecule has 1 atom stereocenters. The highest BCUT2D eigenvalue weighted by atomic mass is 16.5. The summed E-state index contributed by atoms with van der Waals surface area (Å²) in [7, 11) is 1.63. The van der Waals surface area contributed by atoms with E-state index in [0.717, 1.165) is 34.0 Å². The molecule has 3 aromatic rings. The molecule has 0 spiro atoms. The van der Waals surface area contributed by atoms with Crippen LogP contribution in [0.1, 0.15) is 35.5 Å². The van der Waals surface area contributed by atoms with Gasteiger partial charge < -0.3 is 15.0 Å². The number of nitrogens with zero attached hydrogens (tertiary/aromatic N) is 4. The van der Waals surface area contributed by atoms with Crippen molar-refractivity contribution in [3.63, 3.8) is 0 Å². The predicted octanol–water partition coefficient (Wildman–Crippen LogP) is 3.40. The zero-order chi connectivity index (χ0) is 24.9. The maximum Gasteiger partial charge on any atom is 0.238 e. The summed E-state index contributed by atoms with van der Waals surface area (Å²) in [6.45, 7) is 8.09. The first-order chi connectivity index (χ1) is 16.9. The summed E-state index contributed by atoms with van der Waals surface area (Å²) in [5, 5.41) is 7.71. The van der Waals surface area contributed by atoms with Crippen molar-refractivity contribution in [1.82, 2.24) is 19.6 Å². The first kappa shape index (κ1) is 24.5. The molecule has 8 heteroatoms. The average Bonchev–Trinajstić information content (AvgIpc) is 3.11. The van der Waals surface area contributed by atoms with Gasteiger partial charge in [0.15, 0.2) is 0 Å². The monoisotopic (exact) mass is 475 g/mol. The largest absolute Gasteiger partial charge is 0.496 e. The van der Waals surface area contributed by atoms with Crippen LogP contribution in [0.25, 0.3) is 0 Å². The molecule has 1 aliphatic rings. The number of ether oxygens (including phenoxy) is 1. The molecule has 0 saturated carbocycles. The quantitative estimate of drug-likeness (QED) is 0.567. The minimum Gasteiger partial charge on any atom is -0.496 e. The predicted molar refractivity (Wildman–Crippen MR) is 135 cm³/mol. The third-order valence-corrected chi connectivity index (χ3v) is 6.56. The van der Waals surface area contributed by atoms with Crippen molar-refractivity contribution in [2.24, 2.45) is 0 Å². The van der Waals surface area contributed by atoms with Gasteiger partial charge in [0.1, 0.15) is 5.75 Å². The molecule has 35 heavy (non-hydrogen) atoms. The van der Waals surface area contributed by atoms with Crippen LogP contribution in [-0.2, 0) is 16.1 Å². The standard InChI is InChI=1S/C27H33N5O3/c1-19-27(20(2)32(29-19)16-22-10-6-5-7-11-22)28-26(34)18-30-14-15-31(21(3)33)24(17-30)23-12-8-9-13-25(23)35-4/h5-13,24H,14-18H2,1-4H3,(H,28,34)/t24-/m1/s1. The molecule has 8 nitrogen and oxygen atoms in total. The lowest BCUT2D eigenvalue weighted by Crippen LogP contribution is -2.51. The summed E-state index contributed by atoms with van der Waals surface area (Å²) in [6.07, 6.45) is 0. The Labute approximate surface area is 206 Å². The maximum atomic E-state index is 13.0. The molecule has 0 unspecified atom stereocenters. The number of rotatable bonds is 7. The number of carbonyl (C=O) groups excluding carboxylic acids is 2. The summed E-state index contributed by atoms with van der Waals surface area (Å²) >= 11 is 0. The number of anilines is 1. The van der Waals surface area contributed by atoms with Crippen LogP contribution in [0, 0.1) is 13.8 Å². The van der Waals surface area contributed by atoms with E-state index in [4.69, 9.17) is 4.74 Å². The van der Waals surface area contributed by atoms with Crippen molar-refractivity contribution in [2.75, 3.05) is 38.6 Å². The SMILES string of the molecule is COc1ccccc1[C@H]1CN(CC(=O)Nc2c(C)nn(Cc3ccccc3)c2C)CCN1C(C)=O. The number of benzene rings is 2. The number of amides is 2. The second-order valence-electron chi connectivity index (χ2n) is 8.94. The molecule has 1 saturated heterocycles. The van der Waals surface area contributed by atoms with E-state index in [0.29, 0.717) is 26.2 Å². The van der Waals surface area contributed by atoms with E-state index in [-0.39, 0.29) is 24.4 Å². The van der Waals surface area contributed by atoms with E-state index in [1.807, 2.05) is 65.9 Å². The lowest BCUT2D eigenvalue weighted by Gasteiger charge is -2.41. The number of hydrogen-bond acceptors (Lipinski definition) is 5. The highest BCUT2D eigenvalue weighted by Gasteiger charge is 2.32. The van der Waals surface area contributed by atoms with Crippen molar-refractivity contribution in [1.29, 1.82) is 0 Å². The number of nitrogens with one attached hydrogen (secondary N) is 1. The van der Waals surface area contributed by atoms with E-state index in [1.54, 1.807) is 14.0 Å². The normalized spacial score (nSPS) is 16.2. The van der Waals surface area contributed by atoms with Crippen LogP contribution in [-0.4, -0.2) is 64.7 Å². The third kappa shape index (κ3) is 5.54. The smallest absolute Gasteiger partial charge is 0.238 e. The first-order valence-electron chi connectivity index (χ1n) is 11.9. The van der Waals surface area contributed by atoms with E-state index in [2.05, 4.69) is 27.4 Å². The highest BCUT2D eigenvalue weighted by Crippen LogP contribution is 2.32. The van der Waals surface area contributed by atoms with Gasteiger partial charge in [0.25, 0.3) is 0 Å². The average molecular weight is 476 g/mol. The number of carbonyl (C=O) groups is 2. The van der Waals surface area contributed by atoms with Gasteiger partial charge in [0.05, 0.1) is 43.3 Å². The zero-order valence-corrected chi connectivity index (χ0v) is 20.8. The maximum absolute atomic E-state index is 13.0. The number of methoxy groups -OCH3 is 1. The zero-order valence-electron chi connectivity index (χ0n) is 20.8. The molecule has 0 radical (unpaired) electrons. The molecule has 0 bridgehead atoms. The van der Waals surface area contributed by atoms with Gasteiger partial charge in [-0.25, -0.2) is 0 Å². The molecular weight excluding hydrogens is 442 g/mol. The van der Waals surface area contributed by atoms with Gasteiger partial charge >= 0.3 is 0 Å². The Balaban J connectivity index is 1.45. The Morgan fingerprint density at radius 1 is 1.06 bits per heavy atom. The molecular formula is C27H33N5O3. The number of para-hydroxylation sites is 1. The fourth-order valence-electron chi connectivity index (χ4n) is 4.74. The molecule has 1 aliphatic heterocycles. The molecule has 0 aliphatic carbocycles. The van der Waals surface area contributed by atoms with Crippen LogP contribution in [0.3, 0.4) is 0 Å². The number of piperazine rings is 1. The molecule has 1 fully saturated rings. The lowest BCUT2D eigenvalue weighted by molar-refractivity contribution is -0.134. The number of hydrogen-bond donors (Lipinski definition) is 1. The summed E-state index contributed by atoms with van der Waals surface area (Å²) in [4.78, 5) is 29.3. The van der Waals surface area contributed by atoms with Crippen LogP contribution >= 0.6 is 0 Å². The molecule has 2 heterocycles. The van der Waals surface area contributed by atoms with Gasteiger partial charge in [-0.2, -0.15) is 5.10 Å². The van der Waals surface area contributed by atoms with Crippen molar-refractivity contribution in [3.05, 3.63) is 77.1 Å². The Bertz CT molecular complexity index is 1190. The van der Waals surface area contributed by atoms with Crippen LogP contribution in [0.2, 0.25) is 0 Å². The van der Waals surface area contributed by atoms with Crippen molar-refractivity contribution in [2.45, 2.75) is 33.4 Å². The van der Waals surface area contributed by atoms with Gasteiger partial charge in [-0.15, -0.1) is 0 Å². The fourth-order valence-corrected chi connectivity index (χ4v) is 4.74. The van der Waals surface area contributed by atoms with Gasteiger partial charge in [-0.05, 0) is 25.5 Å². The topological polar surface area (TPSA) is 79.7 Å². The lowest BCUT2D eigenvalue weighted by atomic mass is 10.0. The first-order valence-corrected chi connectivity index (χ1v) is 11.9. The second kappa shape index (κ2) is 10.7. The number of aryl methyl sites for hydroxylation is 1. The van der Waals surface area contributed by atoms with Gasteiger partial charge in [-0.1, -0.05) is 48.5 Å².